The van der Waals surface area contributed by atoms with Crippen molar-refractivity contribution in [1.82, 2.24) is 0 Å². The lowest BCUT2D eigenvalue weighted by Crippen LogP contribution is -2.17. The van der Waals surface area contributed by atoms with E-state index in [1.807, 2.05) is 0 Å². The molecule has 0 aliphatic heterocycles. The van der Waals surface area contributed by atoms with Gasteiger partial charge in [-0.1, -0.05) is 122 Å². The number of unbranched alkanes of at least 4 members (excludes halogenated alkanes) is 16. The fraction of sp³-hybridized carbons (Fsp3) is 0.838. The van der Waals surface area contributed by atoms with Crippen molar-refractivity contribution in [2.75, 3.05) is 7.11 Å². The third kappa shape index (κ3) is 29.9. The molecule has 0 rings (SSSR count). The fourth-order valence-electron chi connectivity index (χ4n) is 5.16. The molecule has 5 heteroatoms. The van der Waals surface area contributed by atoms with Crippen LogP contribution in [0.2, 0.25) is 0 Å². The Kier molecular flexibility index (Phi) is 31.1. The van der Waals surface area contributed by atoms with Crippen molar-refractivity contribution >= 4 is 11.9 Å². The maximum Gasteiger partial charge on any atom is 0.306 e. The number of esters is 2. The van der Waals surface area contributed by atoms with Crippen LogP contribution in [0.25, 0.3) is 0 Å². The van der Waals surface area contributed by atoms with Crippen LogP contribution < -0.4 is 0 Å². The summed E-state index contributed by atoms with van der Waals surface area (Å²) in [4.78, 5) is 23.7. The Labute approximate surface area is 260 Å². The second kappa shape index (κ2) is 32.3. The van der Waals surface area contributed by atoms with Gasteiger partial charge in [-0.2, -0.15) is 0 Å². The summed E-state index contributed by atoms with van der Waals surface area (Å²) in [5.74, 6) is -0.147. The molecule has 2 atom stereocenters. The van der Waals surface area contributed by atoms with Gasteiger partial charge in [0, 0.05) is 19.3 Å². The fourth-order valence-corrected chi connectivity index (χ4v) is 5.16. The number of rotatable bonds is 31. The summed E-state index contributed by atoms with van der Waals surface area (Å²) in [6, 6.07) is 0. The molecule has 246 valence electrons. The number of methoxy groups -OCH3 is 1. The molecule has 0 aromatic heterocycles. The molecular weight excluding hydrogens is 524 g/mol. The number of aliphatic hydroxyl groups excluding tert-OH is 1. The summed E-state index contributed by atoms with van der Waals surface area (Å²) in [5, 5.41) is 10.0. The summed E-state index contributed by atoms with van der Waals surface area (Å²) in [6.07, 6.45) is 36.0. The van der Waals surface area contributed by atoms with E-state index in [4.69, 9.17) is 4.74 Å². The van der Waals surface area contributed by atoms with E-state index in [0.717, 1.165) is 96.3 Å². The highest BCUT2D eigenvalue weighted by Gasteiger charge is 2.13. The summed E-state index contributed by atoms with van der Waals surface area (Å²) < 4.78 is 10.6. The van der Waals surface area contributed by atoms with Gasteiger partial charge in [-0.05, 0) is 64.2 Å². The quantitative estimate of drug-likeness (QED) is 0.0492. The summed E-state index contributed by atoms with van der Waals surface area (Å²) in [6.45, 7) is 4.43. The summed E-state index contributed by atoms with van der Waals surface area (Å²) in [7, 11) is 1.44. The number of carbonyl (C=O) groups is 2. The highest BCUT2D eigenvalue weighted by molar-refractivity contribution is 5.69. The zero-order valence-corrected chi connectivity index (χ0v) is 27.9. The van der Waals surface area contributed by atoms with E-state index in [1.165, 1.54) is 64.9 Å². The molecule has 0 aliphatic rings. The number of carbonyl (C=O) groups excluding carboxylic acids is 2. The lowest BCUT2D eigenvalue weighted by molar-refractivity contribution is -0.149. The van der Waals surface area contributed by atoms with E-state index in [0.29, 0.717) is 12.8 Å². The molecule has 0 fully saturated rings. The van der Waals surface area contributed by atoms with E-state index >= 15 is 0 Å². The van der Waals surface area contributed by atoms with Gasteiger partial charge in [-0.25, -0.2) is 0 Å². The Morgan fingerprint density at radius 3 is 1.62 bits per heavy atom. The minimum absolute atomic E-state index is 0.00516. The van der Waals surface area contributed by atoms with Gasteiger partial charge >= 0.3 is 11.9 Å². The lowest BCUT2D eigenvalue weighted by Gasteiger charge is -2.16. The normalized spacial score (nSPS) is 13.1. The molecule has 42 heavy (non-hydrogen) atoms. The van der Waals surface area contributed by atoms with Gasteiger partial charge in [-0.3, -0.25) is 9.59 Å². The Morgan fingerprint density at radius 1 is 0.571 bits per heavy atom. The molecule has 0 saturated heterocycles. The standard InChI is InChI=1S/C37H68O5/c1-4-6-8-22-28-34(38)29-23-18-14-10-12-17-21-27-33-37(40)42-35(30-24-9-7-5-2)31-25-19-15-11-13-16-20-26-32-36(39)41-3/h18-19,23,25,34-35,38H,4-17,20-22,24,26-33H2,1-3H3/t34?,35-/m1/s1. The van der Waals surface area contributed by atoms with Gasteiger partial charge in [0.2, 0.25) is 0 Å². The Morgan fingerprint density at radius 2 is 1.05 bits per heavy atom. The Bertz CT molecular complexity index is 657. The molecule has 1 unspecified atom stereocenters. The smallest absolute Gasteiger partial charge is 0.306 e. The highest BCUT2D eigenvalue weighted by Crippen LogP contribution is 2.16. The topological polar surface area (TPSA) is 72.8 Å². The average molecular weight is 593 g/mol. The monoisotopic (exact) mass is 593 g/mol. The zero-order valence-electron chi connectivity index (χ0n) is 27.9. The van der Waals surface area contributed by atoms with Crippen LogP contribution in [0.5, 0.6) is 0 Å². The number of ether oxygens (including phenoxy) is 2. The Balaban J connectivity index is 3.97. The average Bonchev–Trinajstić information content (AvgIpc) is 2.98. The maximum atomic E-state index is 12.5. The number of hydrogen-bond acceptors (Lipinski definition) is 5. The largest absolute Gasteiger partial charge is 0.469 e. The molecule has 0 aliphatic carbocycles. The van der Waals surface area contributed by atoms with Crippen LogP contribution in [0.1, 0.15) is 181 Å². The van der Waals surface area contributed by atoms with Crippen molar-refractivity contribution in [3.8, 4) is 0 Å². The van der Waals surface area contributed by atoms with Crippen LogP contribution in [-0.4, -0.2) is 36.4 Å². The van der Waals surface area contributed by atoms with Crippen LogP contribution >= 0.6 is 0 Å². The molecule has 0 spiro atoms. The van der Waals surface area contributed by atoms with E-state index in [-0.39, 0.29) is 24.1 Å². The van der Waals surface area contributed by atoms with Gasteiger partial charge in [0.05, 0.1) is 13.2 Å². The third-order valence-electron chi connectivity index (χ3n) is 7.94. The minimum atomic E-state index is -0.183. The van der Waals surface area contributed by atoms with Crippen molar-refractivity contribution in [1.29, 1.82) is 0 Å². The van der Waals surface area contributed by atoms with Crippen molar-refractivity contribution in [3.05, 3.63) is 24.3 Å². The molecule has 0 aromatic rings. The molecule has 1 N–H and O–H groups in total. The Hall–Kier alpha value is -1.62. The van der Waals surface area contributed by atoms with Crippen molar-refractivity contribution < 1.29 is 24.2 Å². The molecule has 0 bridgehead atoms. The SMILES string of the molecule is CCCCCCC(O)CC=CCCCCCCCC(=O)O[C@@H](CC=CCCCCCCCC(=O)OC)CCCCCC. The molecule has 0 radical (unpaired) electrons. The van der Waals surface area contributed by atoms with Gasteiger partial charge in [0.1, 0.15) is 6.10 Å². The molecular formula is C37H68O5. The van der Waals surface area contributed by atoms with Crippen molar-refractivity contribution in [2.24, 2.45) is 0 Å². The minimum Gasteiger partial charge on any atom is -0.469 e. The van der Waals surface area contributed by atoms with E-state index in [9.17, 15) is 14.7 Å². The van der Waals surface area contributed by atoms with Crippen molar-refractivity contribution in [3.63, 3.8) is 0 Å². The molecule has 5 nitrogen and oxygen atoms in total. The highest BCUT2D eigenvalue weighted by atomic mass is 16.5. The first-order valence-corrected chi connectivity index (χ1v) is 17.8. The third-order valence-corrected chi connectivity index (χ3v) is 7.94. The number of hydrogen-bond donors (Lipinski definition) is 1. The first-order valence-electron chi connectivity index (χ1n) is 17.8. The van der Waals surface area contributed by atoms with Gasteiger partial charge in [0.25, 0.3) is 0 Å². The van der Waals surface area contributed by atoms with Crippen LogP contribution in [0, 0.1) is 0 Å². The lowest BCUT2D eigenvalue weighted by atomic mass is 10.1. The van der Waals surface area contributed by atoms with Gasteiger partial charge < -0.3 is 14.6 Å². The van der Waals surface area contributed by atoms with Crippen LogP contribution in [-0.2, 0) is 19.1 Å². The second-order valence-corrected chi connectivity index (χ2v) is 12.1. The molecule has 0 saturated carbocycles. The van der Waals surface area contributed by atoms with E-state index in [2.05, 4.69) is 42.9 Å². The van der Waals surface area contributed by atoms with E-state index < -0.39 is 0 Å². The van der Waals surface area contributed by atoms with Crippen LogP contribution in [0.4, 0.5) is 0 Å². The maximum absolute atomic E-state index is 12.5. The summed E-state index contributed by atoms with van der Waals surface area (Å²) in [5.41, 5.74) is 0. The predicted octanol–water partition coefficient (Wildman–Crippen LogP) is 10.7. The first-order chi connectivity index (χ1) is 20.5. The predicted molar refractivity (Wildman–Crippen MR) is 178 cm³/mol. The summed E-state index contributed by atoms with van der Waals surface area (Å²) >= 11 is 0. The van der Waals surface area contributed by atoms with Gasteiger partial charge in [0.15, 0.2) is 0 Å². The van der Waals surface area contributed by atoms with Crippen LogP contribution in [0.3, 0.4) is 0 Å². The van der Waals surface area contributed by atoms with E-state index in [1.54, 1.807) is 0 Å². The van der Waals surface area contributed by atoms with Crippen molar-refractivity contribution in [2.45, 2.75) is 193 Å². The van der Waals surface area contributed by atoms with Crippen LogP contribution in [0.15, 0.2) is 24.3 Å². The first kappa shape index (κ1) is 40.4. The second-order valence-electron chi connectivity index (χ2n) is 12.1. The van der Waals surface area contributed by atoms with Gasteiger partial charge in [-0.15, -0.1) is 0 Å². The molecule has 0 amide bonds. The number of aliphatic hydroxyl groups is 1. The number of allylic oxidation sites excluding steroid dienone is 2. The molecule has 0 heterocycles. The zero-order chi connectivity index (χ0) is 30.9. The molecule has 0 aromatic carbocycles.